The van der Waals surface area contributed by atoms with Gasteiger partial charge in [-0.05, 0) is 37.6 Å². The molecule has 2 rings (SSSR count). The van der Waals surface area contributed by atoms with Crippen LogP contribution in [0.25, 0.3) is 0 Å². The number of pyridine rings is 1. The molecule has 0 radical (unpaired) electrons. The lowest BCUT2D eigenvalue weighted by Crippen LogP contribution is -2.36. The molecule has 1 aliphatic heterocycles. The second-order valence-electron chi connectivity index (χ2n) is 3.98. The zero-order valence-electron chi connectivity index (χ0n) is 9.10. The van der Waals surface area contributed by atoms with Gasteiger partial charge in [-0.25, -0.2) is 18.1 Å². The Bertz CT molecular complexity index is 467. The van der Waals surface area contributed by atoms with Gasteiger partial charge >= 0.3 is 0 Å². The summed E-state index contributed by atoms with van der Waals surface area (Å²) in [5.74, 6) is 0. The topological polar surface area (TPSA) is 71.1 Å². The summed E-state index contributed by atoms with van der Waals surface area (Å²) in [6.45, 7) is 3.39. The van der Waals surface area contributed by atoms with Crippen molar-refractivity contribution in [3.05, 3.63) is 23.9 Å². The van der Waals surface area contributed by atoms with Crippen molar-refractivity contribution in [2.24, 2.45) is 0 Å². The van der Waals surface area contributed by atoms with Crippen LogP contribution in [0.5, 0.6) is 0 Å². The molecule has 0 saturated carbocycles. The van der Waals surface area contributed by atoms with Gasteiger partial charge in [-0.15, -0.1) is 0 Å². The second-order valence-corrected chi connectivity index (χ2v) is 5.64. The van der Waals surface area contributed by atoms with Crippen LogP contribution >= 0.6 is 0 Å². The Morgan fingerprint density at radius 3 is 3.00 bits per heavy atom. The lowest BCUT2D eigenvalue weighted by Gasteiger charge is -2.11. The van der Waals surface area contributed by atoms with Crippen LogP contribution in [0, 0.1) is 6.92 Å². The van der Waals surface area contributed by atoms with Crippen LogP contribution in [0.2, 0.25) is 0 Å². The smallest absolute Gasteiger partial charge is 0.258 e. The molecule has 1 fully saturated rings. The predicted octanol–water partition coefficient (Wildman–Crippen LogP) is 0.0302. The van der Waals surface area contributed by atoms with Crippen molar-refractivity contribution in [2.75, 3.05) is 13.1 Å². The number of hydrogen-bond acceptors (Lipinski definition) is 4. The van der Waals surface area contributed by atoms with E-state index in [9.17, 15) is 8.42 Å². The molecule has 1 aromatic rings. The molecule has 1 saturated heterocycles. The van der Waals surface area contributed by atoms with Gasteiger partial charge in [0.2, 0.25) is 0 Å². The highest BCUT2D eigenvalue weighted by Crippen LogP contribution is 2.09. The third kappa shape index (κ3) is 2.58. The summed E-state index contributed by atoms with van der Waals surface area (Å²) in [4.78, 5) is 3.88. The van der Waals surface area contributed by atoms with Crippen LogP contribution in [0.1, 0.15) is 12.0 Å². The van der Waals surface area contributed by atoms with Gasteiger partial charge in [0.1, 0.15) is 0 Å². The normalized spacial score (nSPS) is 21.2. The Morgan fingerprint density at radius 1 is 1.56 bits per heavy atom. The lowest BCUT2D eigenvalue weighted by atomic mass is 10.3. The van der Waals surface area contributed by atoms with E-state index in [2.05, 4.69) is 15.0 Å². The van der Waals surface area contributed by atoms with Crippen molar-refractivity contribution in [3.63, 3.8) is 0 Å². The Morgan fingerprint density at radius 2 is 2.38 bits per heavy atom. The minimum Gasteiger partial charge on any atom is -0.315 e. The van der Waals surface area contributed by atoms with Gasteiger partial charge in [-0.1, -0.05) is 0 Å². The maximum absolute atomic E-state index is 11.9. The van der Waals surface area contributed by atoms with E-state index < -0.39 is 10.0 Å². The quantitative estimate of drug-likeness (QED) is 0.783. The van der Waals surface area contributed by atoms with Gasteiger partial charge in [-0.2, -0.15) is 0 Å². The van der Waals surface area contributed by atoms with Gasteiger partial charge in [0, 0.05) is 18.8 Å². The SMILES string of the molecule is Cc1ccnc(S(=O)(=O)NC2CCNC2)c1. The average Bonchev–Trinajstić information content (AvgIpc) is 2.70. The molecule has 0 aliphatic carbocycles. The minimum absolute atomic E-state index is 0.0210. The molecule has 5 nitrogen and oxygen atoms in total. The first-order valence-electron chi connectivity index (χ1n) is 5.24. The molecule has 0 amide bonds. The van der Waals surface area contributed by atoms with Crippen molar-refractivity contribution >= 4 is 10.0 Å². The Kier molecular flexibility index (Phi) is 3.22. The van der Waals surface area contributed by atoms with E-state index in [1.165, 1.54) is 6.20 Å². The van der Waals surface area contributed by atoms with E-state index >= 15 is 0 Å². The zero-order chi connectivity index (χ0) is 11.6. The lowest BCUT2D eigenvalue weighted by molar-refractivity contribution is 0.556. The van der Waals surface area contributed by atoms with E-state index in [4.69, 9.17) is 0 Å². The summed E-state index contributed by atoms with van der Waals surface area (Å²) in [6, 6.07) is 3.33. The maximum atomic E-state index is 11.9. The Hall–Kier alpha value is -0.980. The molecule has 0 bridgehead atoms. The predicted molar refractivity (Wildman–Crippen MR) is 60.6 cm³/mol. The first kappa shape index (κ1) is 11.5. The van der Waals surface area contributed by atoms with Crippen LogP contribution in [0.15, 0.2) is 23.4 Å². The summed E-state index contributed by atoms with van der Waals surface area (Å²) >= 11 is 0. The second kappa shape index (κ2) is 4.48. The van der Waals surface area contributed by atoms with E-state index in [1.807, 2.05) is 6.92 Å². The first-order chi connectivity index (χ1) is 7.58. The van der Waals surface area contributed by atoms with Gasteiger partial charge in [0.25, 0.3) is 10.0 Å². The van der Waals surface area contributed by atoms with Gasteiger partial charge in [-0.3, -0.25) is 0 Å². The fourth-order valence-corrected chi connectivity index (χ4v) is 2.99. The minimum atomic E-state index is -3.47. The number of hydrogen-bond donors (Lipinski definition) is 2. The summed E-state index contributed by atoms with van der Waals surface area (Å²) in [5.41, 5.74) is 0.889. The number of nitrogens with one attached hydrogen (secondary N) is 2. The summed E-state index contributed by atoms with van der Waals surface area (Å²) in [7, 11) is -3.47. The van der Waals surface area contributed by atoms with E-state index in [-0.39, 0.29) is 11.1 Å². The van der Waals surface area contributed by atoms with Crippen LogP contribution in [-0.4, -0.2) is 32.5 Å². The third-order valence-electron chi connectivity index (χ3n) is 2.55. The molecule has 0 aromatic carbocycles. The number of rotatable bonds is 3. The molecule has 2 N–H and O–H groups in total. The van der Waals surface area contributed by atoms with Crippen molar-refractivity contribution < 1.29 is 8.42 Å². The van der Waals surface area contributed by atoms with Crippen molar-refractivity contribution in [3.8, 4) is 0 Å². The number of nitrogens with zero attached hydrogens (tertiary/aromatic N) is 1. The average molecular weight is 241 g/mol. The summed E-state index contributed by atoms with van der Waals surface area (Å²) in [5, 5.41) is 3.21. The molecule has 2 heterocycles. The molecule has 1 aliphatic rings. The molecule has 6 heteroatoms. The van der Waals surface area contributed by atoms with E-state index in [0.717, 1.165) is 18.5 Å². The first-order valence-corrected chi connectivity index (χ1v) is 6.72. The highest BCUT2D eigenvalue weighted by atomic mass is 32.2. The monoisotopic (exact) mass is 241 g/mol. The highest BCUT2D eigenvalue weighted by molar-refractivity contribution is 7.89. The molecule has 88 valence electrons. The van der Waals surface area contributed by atoms with Crippen molar-refractivity contribution in [1.82, 2.24) is 15.0 Å². The number of sulfonamides is 1. The molecular formula is C10H15N3O2S. The van der Waals surface area contributed by atoms with Crippen LogP contribution in [0.4, 0.5) is 0 Å². The van der Waals surface area contributed by atoms with E-state index in [0.29, 0.717) is 6.54 Å². The number of aryl methyl sites for hydroxylation is 1. The molecule has 1 atom stereocenters. The van der Waals surface area contributed by atoms with Crippen molar-refractivity contribution in [2.45, 2.75) is 24.4 Å². The molecule has 1 aromatic heterocycles. The fraction of sp³-hybridized carbons (Fsp3) is 0.500. The summed E-state index contributed by atoms with van der Waals surface area (Å²) < 4.78 is 26.5. The zero-order valence-corrected chi connectivity index (χ0v) is 9.92. The third-order valence-corrected chi connectivity index (χ3v) is 3.97. The van der Waals surface area contributed by atoms with Gasteiger partial charge in [0.05, 0.1) is 0 Å². The van der Waals surface area contributed by atoms with Crippen LogP contribution in [0.3, 0.4) is 0 Å². The Labute approximate surface area is 95.3 Å². The molecular weight excluding hydrogens is 226 g/mol. The standard InChI is InChI=1S/C10H15N3O2S/c1-8-2-5-12-10(6-8)16(14,15)13-9-3-4-11-7-9/h2,5-6,9,11,13H,3-4,7H2,1H3. The van der Waals surface area contributed by atoms with Crippen molar-refractivity contribution in [1.29, 1.82) is 0 Å². The van der Waals surface area contributed by atoms with Gasteiger partial charge < -0.3 is 5.32 Å². The molecule has 16 heavy (non-hydrogen) atoms. The summed E-state index contributed by atoms with van der Waals surface area (Å²) in [6.07, 6.45) is 2.34. The fourth-order valence-electron chi connectivity index (χ4n) is 1.69. The molecule has 0 spiro atoms. The van der Waals surface area contributed by atoms with Crippen LogP contribution < -0.4 is 10.0 Å². The highest BCUT2D eigenvalue weighted by Gasteiger charge is 2.23. The Balaban J connectivity index is 2.18. The molecule has 1 unspecified atom stereocenters. The van der Waals surface area contributed by atoms with Gasteiger partial charge in [0.15, 0.2) is 5.03 Å². The maximum Gasteiger partial charge on any atom is 0.258 e. The van der Waals surface area contributed by atoms with E-state index in [1.54, 1.807) is 12.1 Å². The number of aromatic nitrogens is 1. The van der Waals surface area contributed by atoms with Crippen LogP contribution in [-0.2, 0) is 10.0 Å². The largest absolute Gasteiger partial charge is 0.315 e.